The van der Waals surface area contributed by atoms with Crippen molar-refractivity contribution < 1.29 is 13.9 Å². The monoisotopic (exact) mass is 353 g/mol. The van der Waals surface area contributed by atoms with Crippen molar-refractivity contribution in [3.63, 3.8) is 0 Å². The maximum Gasteiger partial charge on any atom is 0.257 e. The highest BCUT2D eigenvalue weighted by Crippen LogP contribution is 2.15. The Morgan fingerprint density at radius 2 is 1.85 bits per heavy atom. The minimum Gasteiger partial charge on any atom is -0.492 e. The molecule has 3 rings (SSSR count). The van der Waals surface area contributed by atoms with Crippen LogP contribution < -0.4 is 4.74 Å². The Morgan fingerprint density at radius 3 is 2.54 bits per heavy atom. The van der Waals surface area contributed by atoms with E-state index in [0.29, 0.717) is 24.5 Å². The Bertz CT molecular complexity index is 876. The molecule has 3 aromatic rings. The number of aromatic nitrogens is 2. The summed E-state index contributed by atoms with van der Waals surface area (Å²) in [5.41, 5.74) is 2.25. The first-order chi connectivity index (χ1) is 12.6. The van der Waals surface area contributed by atoms with Crippen LogP contribution in [0.15, 0.2) is 60.8 Å². The van der Waals surface area contributed by atoms with E-state index in [1.54, 1.807) is 35.0 Å². The molecule has 0 aliphatic carbocycles. The second kappa shape index (κ2) is 7.82. The van der Waals surface area contributed by atoms with Crippen LogP contribution in [0.3, 0.4) is 0 Å². The summed E-state index contributed by atoms with van der Waals surface area (Å²) >= 11 is 0. The van der Waals surface area contributed by atoms with Gasteiger partial charge in [0, 0.05) is 7.05 Å². The number of para-hydroxylation sites is 1. The van der Waals surface area contributed by atoms with Gasteiger partial charge in [0.1, 0.15) is 18.2 Å². The van der Waals surface area contributed by atoms with Gasteiger partial charge < -0.3 is 9.64 Å². The minimum absolute atomic E-state index is 0.118. The second-order valence-corrected chi connectivity index (χ2v) is 5.92. The lowest BCUT2D eigenvalue weighted by Crippen LogP contribution is -2.31. The fourth-order valence-corrected chi connectivity index (χ4v) is 2.59. The van der Waals surface area contributed by atoms with E-state index in [2.05, 4.69) is 5.10 Å². The number of benzene rings is 2. The molecule has 5 nitrogen and oxygen atoms in total. The van der Waals surface area contributed by atoms with Crippen molar-refractivity contribution in [3.8, 4) is 11.4 Å². The van der Waals surface area contributed by atoms with Gasteiger partial charge in [-0.25, -0.2) is 9.07 Å². The first-order valence-corrected chi connectivity index (χ1v) is 8.30. The summed E-state index contributed by atoms with van der Waals surface area (Å²) in [6.45, 7) is 2.60. The quantitative estimate of drug-likeness (QED) is 0.682. The summed E-state index contributed by atoms with van der Waals surface area (Å²) in [6.07, 6.45) is 1.59. The van der Waals surface area contributed by atoms with Gasteiger partial charge in [-0.1, -0.05) is 18.2 Å². The van der Waals surface area contributed by atoms with E-state index < -0.39 is 0 Å². The molecule has 0 unspecified atom stereocenters. The summed E-state index contributed by atoms with van der Waals surface area (Å²) in [5.74, 6) is 0.142. The molecule has 0 radical (unpaired) electrons. The number of halogens is 1. The van der Waals surface area contributed by atoms with Crippen LogP contribution in [-0.4, -0.2) is 40.8 Å². The third-order valence-corrected chi connectivity index (χ3v) is 4.10. The van der Waals surface area contributed by atoms with E-state index in [9.17, 15) is 9.18 Å². The number of ether oxygens (including phenoxy) is 1. The average Bonchev–Trinajstić information content (AvgIpc) is 3.04. The predicted octanol–water partition coefficient (Wildman–Crippen LogP) is 3.47. The van der Waals surface area contributed by atoms with Gasteiger partial charge in [0.05, 0.1) is 29.7 Å². The first-order valence-electron chi connectivity index (χ1n) is 8.30. The molecule has 0 fully saturated rings. The number of rotatable bonds is 6. The molecule has 1 amide bonds. The smallest absolute Gasteiger partial charge is 0.257 e. The Balaban J connectivity index is 1.62. The van der Waals surface area contributed by atoms with Crippen molar-refractivity contribution in [2.45, 2.75) is 6.92 Å². The van der Waals surface area contributed by atoms with Crippen LogP contribution in [0.5, 0.6) is 5.75 Å². The molecule has 1 heterocycles. The summed E-state index contributed by atoms with van der Waals surface area (Å²) in [6, 6.07) is 15.5. The zero-order valence-corrected chi connectivity index (χ0v) is 14.7. The van der Waals surface area contributed by atoms with E-state index in [-0.39, 0.29) is 11.7 Å². The normalized spacial score (nSPS) is 10.6. The Labute approximate surface area is 151 Å². The minimum atomic E-state index is -0.310. The molecule has 0 aliphatic rings. The maximum absolute atomic E-state index is 12.9. The van der Waals surface area contributed by atoms with Crippen molar-refractivity contribution >= 4 is 5.91 Å². The molecule has 0 atom stereocenters. The molecular weight excluding hydrogens is 333 g/mol. The van der Waals surface area contributed by atoms with Gasteiger partial charge >= 0.3 is 0 Å². The molecule has 6 heteroatoms. The fraction of sp³-hybridized carbons (Fsp3) is 0.200. The SMILES string of the molecule is Cc1c(C(=O)N(C)CCOc2ccc(F)cc2)cnn1-c1ccccc1. The van der Waals surface area contributed by atoms with Crippen LogP contribution in [0.25, 0.3) is 5.69 Å². The molecule has 0 saturated heterocycles. The predicted molar refractivity (Wildman–Crippen MR) is 97.2 cm³/mol. The van der Waals surface area contributed by atoms with Gasteiger partial charge in [0.2, 0.25) is 0 Å². The number of carbonyl (C=O) groups excluding carboxylic acids is 1. The molecule has 134 valence electrons. The van der Waals surface area contributed by atoms with E-state index in [4.69, 9.17) is 4.74 Å². The number of hydrogen-bond donors (Lipinski definition) is 0. The van der Waals surface area contributed by atoms with Crippen LogP contribution in [-0.2, 0) is 0 Å². The highest BCUT2D eigenvalue weighted by atomic mass is 19.1. The average molecular weight is 353 g/mol. The zero-order valence-electron chi connectivity index (χ0n) is 14.7. The third kappa shape index (κ3) is 3.91. The Morgan fingerprint density at radius 1 is 1.15 bits per heavy atom. The summed E-state index contributed by atoms with van der Waals surface area (Å²) < 4.78 is 20.2. The van der Waals surface area contributed by atoms with Crippen molar-refractivity contribution in [2.24, 2.45) is 0 Å². The molecule has 2 aromatic carbocycles. The lowest BCUT2D eigenvalue weighted by molar-refractivity contribution is 0.0773. The van der Waals surface area contributed by atoms with Crippen molar-refractivity contribution in [1.29, 1.82) is 0 Å². The molecule has 26 heavy (non-hydrogen) atoms. The summed E-state index contributed by atoms with van der Waals surface area (Å²) in [7, 11) is 1.72. The number of nitrogens with zero attached hydrogens (tertiary/aromatic N) is 3. The van der Waals surface area contributed by atoms with E-state index in [1.807, 2.05) is 37.3 Å². The molecule has 0 bridgehead atoms. The second-order valence-electron chi connectivity index (χ2n) is 5.92. The lowest BCUT2D eigenvalue weighted by Gasteiger charge is -2.17. The van der Waals surface area contributed by atoms with E-state index >= 15 is 0 Å². The van der Waals surface area contributed by atoms with Gasteiger partial charge in [0.15, 0.2) is 0 Å². The van der Waals surface area contributed by atoms with Crippen LogP contribution in [0.1, 0.15) is 16.1 Å². The molecular formula is C20H20FN3O2. The van der Waals surface area contributed by atoms with Crippen LogP contribution in [0.4, 0.5) is 4.39 Å². The fourth-order valence-electron chi connectivity index (χ4n) is 2.59. The number of amides is 1. The van der Waals surface area contributed by atoms with Gasteiger partial charge in [0.25, 0.3) is 5.91 Å². The molecule has 0 aliphatic heterocycles. The van der Waals surface area contributed by atoms with Crippen molar-refractivity contribution in [3.05, 3.63) is 77.9 Å². The topological polar surface area (TPSA) is 47.4 Å². The van der Waals surface area contributed by atoms with Gasteiger partial charge in [-0.3, -0.25) is 4.79 Å². The van der Waals surface area contributed by atoms with Gasteiger partial charge in [-0.15, -0.1) is 0 Å². The highest BCUT2D eigenvalue weighted by molar-refractivity contribution is 5.95. The lowest BCUT2D eigenvalue weighted by atomic mass is 10.2. The van der Waals surface area contributed by atoms with E-state index in [0.717, 1.165) is 11.4 Å². The number of hydrogen-bond acceptors (Lipinski definition) is 3. The van der Waals surface area contributed by atoms with Gasteiger partial charge in [-0.2, -0.15) is 5.10 Å². The van der Waals surface area contributed by atoms with Crippen molar-refractivity contribution in [2.75, 3.05) is 20.2 Å². The Kier molecular flexibility index (Phi) is 5.31. The largest absolute Gasteiger partial charge is 0.492 e. The number of likely N-dealkylation sites (N-methyl/N-ethyl adjacent to an activating group) is 1. The standard InChI is InChI=1S/C20H20FN3O2/c1-15-19(14-22-24(15)17-6-4-3-5-7-17)20(25)23(2)12-13-26-18-10-8-16(21)9-11-18/h3-11,14H,12-13H2,1-2H3. The number of carbonyl (C=O) groups is 1. The van der Waals surface area contributed by atoms with Crippen molar-refractivity contribution in [1.82, 2.24) is 14.7 Å². The van der Waals surface area contributed by atoms with E-state index in [1.165, 1.54) is 12.1 Å². The first kappa shape index (κ1) is 17.7. The molecule has 0 spiro atoms. The van der Waals surface area contributed by atoms with Crippen LogP contribution in [0, 0.1) is 12.7 Å². The summed E-state index contributed by atoms with van der Waals surface area (Å²) in [5, 5.41) is 4.33. The third-order valence-electron chi connectivity index (χ3n) is 4.10. The molecule has 1 aromatic heterocycles. The van der Waals surface area contributed by atoms with Gasteiger partial charge in [-0.05, 0) is 43.3 Å². The Hall–Kier alpha value is -3.15. The maximum atomic E-state index is 12.9. The molecule has 0 N–H and O–H groups in total. The summed E-state index contributed by atoms with van der Waals surface area (Å²) in [4.78, 5) is 14.3. The highest BCUT2D eigenvalue weighted by Gasteiger charge is 2.18. The van der Waals surface area contributed by atoms with Crippen LogP contribution >= 0.6 is 0 Å². The van der Waals surface area contributed by atoms with Crippen LogP contribution in [0.2, 0.25) is 0 Å². The zero-order chi connectivity index (χ0) is 18.5. The molecule has 0 saturated carbocycles.